The minimum absolute atomic E-state index is 0.174. The minimum Gasteiger partial charge on any atom is -0.384 e. The van der Waals surface area contributed by atoms with Crippen LogP contribution in [0.5, 0.6) is 0 Å². The number of nitrogens with one attached hydrogen (secondary N) is 1. The van der Waals surface area contributed by atoms with Crippen LogP contribution in [0.3, 0.4) is 0 Å². The molecule has 104 valence electrons. The van der Waals surface area contributed by atoms with Crippen LogP contribution in [0.1, 0.15) is 10.4 Å². The van der Waals surface area contributed by atoms with Gasteiger partial charge >= 0.3 is 0 Å². The van der Waals surface area contributed by atoms with E-state index < -0.39 is 5.91 Å². The number of hydrogen-bond acceptors (Lipinski definition) is 3. The quantitative estimate of drug-likeness (QED) is 0.782. The van der Waals surface area contributed by atoms with Crippen LogP contribution < -0.4 is 11.1 Å². The van der Waals surface area contributed by atoms with Gasteiger partial charge in [0.25, 0.3) is 5.91 Å². The highest BCUT2D eigenvalue weighted by Crippen LogP contribution is 2.32. The van der Waals surface area contributed by atoms with Crippen LogP contribution >= 0.6 is 46.4 Å². The summed E-state index contributed by atoms with van der Waals surface area (Å²) in [5, 5.41) is 3.57. The van der Waals surface area contributed by atoms with Crippen molar-refractivity contribution in [1.82, 2.24) is 4.98 Å². The Balaban J connectivity index is 2.32. The van der Waals surface area contributed by atoms with Crippen molar-refractivity contribution in [1.29, 1.82) is 0 Å². The highest BCUT2D eigenvalue weighted by Gasteiger charge is 2.14. The zero-order valence-corrected chi connectivity index (χ0v) is 12.8. The van der Waals surface area contributed by atoms with Crippen LogP contribution in [-0.4, -0.2) is 10.9 Å². The fourth-order valence-corrected chi connectivity index (χ4v) is 2.22. The van der Waals surface area contributed by atoms with Crippen LogP contribution in [0.4, 0.5) is 11.5 Å². The molecule has 0 unspecified atom stereocenters. The lowest BCUT2D eigenvalue weighted by atomic mass is 10.2. The van der Waals surface area contributed by atoms with Crippen molar-refractivity contribution in [2.24, 2.45) is 0 Å². The number of halogens is 4. The first-order chi connectivity index (χ1) is 9.38. The number of carbonyl (C=O) groups excluding carboxylic acids is 1. The minimum atomic E-state index is -0.482. The molecule has 0 aliphatic rings. The molecule has 1 aromatic carbocycles. The number of nitrogens with two attached hydrogens (primary N) is 1. The number of amides is 1. The molecule has 1 heterocycles. The molecular formula is C12H7Cl4N3O. The van der Waals surface area contributed by atoms with Crippen molar-refractivity contribution in [3.63, 3.8) is 0 Å². The lowest BCUT2D eigenvalue weighted by Crippen LogP contribution is -2.13. The number of nitrogens with zero attached hydrogens (tertiary/aromatic N) is 1. The number of nitrogen functional groups attached to an aromatic ring is 1. The fraction of sp³-hybridized carbons (Fsp3) is 0. The summed E-state index contributed by atoms with van der Waals surface area (Å²) >= 11 is 23.6. The van der Waals surface area contributed by atoms with Gasteiger partial charge in [-0.1, -0.05) is 46.4 Å². The van der Waals surface area contributed by atoms with Crippen molar-refractivity contribution in [2.75, 3.05) is 11.1 Å². The Morgan fingerprint density at radius 3 is 2.35 bits per heavy atom. The highest BCUT2D eigenvalue weighted by atomic mass is 35.5. The summed E-state index contributed by atoms with van der Waals surface area (Å²) in [7, 11) is 0. The number of benzene rings is 1. The molecule has 0 saturated heterocycles. The van der Waals surface area contributed by atoms with Crippen molar-refractivity contribution in [2.45, 2.75) is 0 Å². The van der Waals surface area contributed by atoms with E-state index in [0.29, 0.717) is 10.7 Å². The number of aromatic nitrogens is 1. The van der Waals surface area contributed by atoms with Crippen molar-refractivity contribution in [3.05, 3.63) is 50.0 Å². The molecule has 0 bridgehead atoms. The van der Waals surface area contributed by atoms with E-state index in [1.54, 1.807) is 0 Å². The van der Waals surface area contributed by atoms with Crippen LogP contribution in [0.15, 0.2) is 24.4 Å². The van der Waals surface area contributed by atoms with Crippen molar-refractivity contribution in [3.8, 4) is 0 Å². The summed E-state index contributed by atoms with van der Waals surface area (Å²) in [4.78, 5) is 15.9. The van der Waals surface area contributed by atoms with E-state index in [-0.39, 0.29) is 26.4 Å². The number of anilines is 2. The predicted octanol–water partition coefficient (Wildman–Crippen LogP) is 4.53. The van der Waals surface area contributed by atoms with Crippen molar-refractivity contribution < 1.29 is 4.79 Å². The SMILES string of the molecule is Nc1cc(C(=O)Nc2cc(Cl)c(Cl)cc2Cl)c(Cl)cn1. The molecule has 8 heteroatoms. The lowest BCUT2D eigenvalue weighted by molar-refractivity contribution is 0.102. The largest absolute Gasteiger partial charge is 0.384 e. The molecule has 0 aliphatic carbocycles. The number of rotatable bonds is 2. The standard InChI is InChI=1S/C12H7Cl4N3O/c13-6-2-8(15)10(3-7(6)14)19-12(20)5-1-11(17)18-4-9(5)16/h1-4H,(H2,17,18)(H,19,20). The second-order valence-electron chi connectivity index (χ2n) is 3.79. The first-order valence-electron chi connectivity index (χ1n) is 5.25. The molecule has 1 aromatic heterocycles. The van der Waals surface area contributed by atoms with Gasteiger partial charge in [-0.25, -0.2) is 4.98 Å². The van der Waals surface area contributed by atoms with Gasteiger partial charge in [0.1, 0.15) is 5.82 Å². The van der Waals surface area contributed by atoms with Gasteiger partial charge < -0.3 is 11.1 Å². The molecule has 4 nitrogen and oxygen atoms in total. The molecule has 0 fully saturated rings. The van der Waals surface area contributed by atoms with E-state index in [4.69, 9.17) is 52.1 Å². The zero-order chi connectivity index (χ0) is 14.9. The van der Waals surface area contributed by atoms with Gasteiger partial charge in [-0.2, -0.15) is 0 Å². The first kappa shape index (κ1) is 15.2. The lowest BCUT2D eigenvalue weighted by Gasteiger charge is -2.10. The van der Waals surface area contributed by atoms with Gasteiger partial charge in [0.15, 0.2) is 0 Å². The van der Waals surface area contributed by atoms with Crippen molar-refractivity contribution >= 4 is 63.8 Å². The Kier molecular flexibility index (Phi) is 4.60. The third kappa shape index (κ3) is 3.27. The van der Waals surface area contributed by atoms with Gasteiger partial charge in [-0.05, 0) is 18.2 Å². The summed E-state index contributed by atoms with van der Waals surface area (Å²) in [5.74, 6) is -0.302. The zero-order valence-electron chi connectivity index (χ0n) is 9.75. The molecule has 1 amide bonds. The van der Waals surface area contributed by atoms with Crippen LogP contribution in [0.25, 0.3) is 0 Å². The average molecular weight is 351 g/mol. The average Bonchev–Trinajstić information content (AvgIpc) is 2.38. The van der Waals surface area contributed by atoms with E-state index in [1.165, 1.54) is 24.4 Å². The van der Waals surface area contributed by atoms with E-state index in [0.717, 1.165) is 0 Å². The maximum Gasteiger partial charge on any atom is 0.257 e. The smallest absolute Gasteiger partial charge is 0.257 e. The fourth-order valence-electron chi connectivity index (χ4n) is 1.44. The van der Waals surface area contributed by atoms with E-state index in [1.807, 2.05) is 0 Å². The molecule has 0 radical (unpaired) electrons. The van der Waals surface area contributed by atoms with E-state index in [9.17, 15) is 4.79 Å². The molecule has 3 N–H and O–H groups in total. The predicted molar refractivity (Wildman–Crippen MR) is 83.1 cm³/mol. The maximum absolute atomic E-state index is 12.1. The van der Waals surface area contributed by atoms with Gasteiger partial charge in [0, 0.05) is 6.20 Å². The molecule has 2 rings (SSSR count). The molecule has 2 aromatic rings. The topological polar surface area (TPSA) is 68.0 Å². The summed E-state index contributed by atoms with van der Waals surface area (Å²) in [6, 6.07) is 4.25. The molecular weight excluding hydrogens is 344 g/mol. The third-order valence-corrected chi connectivity index (χ3v) is 3.72. The van der Waals surface area contributed by atoms with Gasteiger partial charge in [-0.3, -0.25) is 4.79 Å². The second kappa shape index (κ2) is 6.06. The molecule has 20 heavy (non-hydrogen) atoms. The van der Waals surface area contributed by atoms with Gasteiger partial charge in [0.2, 0.25) is 0 Å². The van der Waals surface area contributed by atoms with Crippen LogP contribution in [0, 0.1) is 0 Å². The number of hydrogen-bond donors (Lipinski definition) is 2. The van der Waals surface area contributed by atoms with E-state index >= 15 is 0 Å². The Morgan fingerprint density at radius 1 is 1.00 bits per heavy atom. The normalized spacial score (nSPS) is 10.4. The summed E-state index contributed by atoms with van der Waals surface area (Å²) in [6.45, 7) is 0. The third-order valence-electron chi connectivity index (χ3n) is 2.38. The molecule has 0 atom stereocenters. The van der Waals surface area contributed by atoms with Gasteiger partial charge in [0.05, 0.1) is 31.3 Å². The Morgan fingerprint density at radius 2 is 1.65 bits per heavy atom. The summed E-state index contributed by atoms with van der Waals surface area (Å²) in [5.41, 5.74) is 6.02. The van der Waals surface area contributed by atoms with Crippen LogP contribution in [0.2, 0.25) is 20.1 Å². The Hall–Kier alpha value is -1.20. The summed E-state index contributed by atoms with van der Waals surface area (Å²) < 4.78 is 0. The second-order valence-corrected chi connectivity index (χ2v) is 5.42. The highest BCUT2D eigenvalue weighted by molar-refractivity contribution is 6.44. The monoisotopic (exact) mass is 349 g/mol. The summed E-state index contributed by atoms with van der Waals surface area (Å²) in [6.07, 6.45) is 1.29. The molecule has 0 spiro atoms. The number of carbonyl (C=O) groups is 1. The maximum atomic E-state index is 12.1. The van der Waals surface area contributed by atoms with Gasteiger partial charge in [-0.15, -0.1) is 0 Å². The first-order valence-corrected chi connectivity index (χ1v) is 6.76. The molecule has 0 aliphatic heterocycles. The van der Waals surface area contributed by atoms with E-state index in [2.05, 4.69) is 10.3 Å². The number of pyridine rings is 1. The Bertz CT molecular complexity index is 691. The molecule has 0 saturated carbocycles. The van der Waals surface area contributed by atoms with Crippen LogP contribution in [-0.2, 0) is 0 Å². The Labute approximate surface area is 134 Å².